The molecule has 0 radical (unpaired) electrons. The van der Waals surface area contributed by atoms with Crippen molar-refractivity contribution in [3.63, 3.8) is 0 Å². The van der Waals surface area contributed by atoms with Gasteiger partial charge < -0.3 is 23.1 Å². The fourth-order valence-corrected chi connectivity index (χ4v) is 5.62. The Morgan fingerprint density at radius 2 is 1.38 bits per heavy atom. The van der Waals surface area contributed by atoms with Crippen molar-refractivity contribution in [2.24, 2.45) is 0 Å². The Morgan fingerprint density at radius 1 is 0.784 bits per heavy atom. The Hall–Kier alpha value is -2.23. The van der Waals surface area contributed by atoms with Crippen LogP contribution in [0.2, 0.25) is 36.3 Å². The average Bonchev–Trinajstić information content (AvgIpc) is 3.20. The summed E-state index contributed by atoms with van der Waals surface area (Å²) in [6.45, 7) is 22.7. The number of aryl methyl sites for hydroxylation is 1. The van der Waals surface area contributed by atoms with E-state index in [1.807, 2.05) is 12.1 Å². The van der Waals surface area contributed by atoms with Crippen molar-refractivity contribution in [2.75, 3.05) is 13.7 Å². The molecule has 5 nitrogen and oxygen atoms in total. The molecule has 0 unspecified atom stereocenters. The summed E-state index contributed by atoms with van der Waals surface area (Å²) >= 11 is 0. The summed E-state index contributed by atoms with van der Waals surface area (Å²) in [5, 5.41) is 10.4. The lowest BCUT2D eigenvalue weighted by Crippen LogP contribution is -2.45. The highest BCUT2D eigenvalue weighted by Gasteiger charge is 2.42. The molecular formula is C30H46O5Si2. The second-order valence-corrected chi connectivity index (χ2v) is 22.5. The van der Waals surface area contributed by atoms with Gasteiger partial charge in [0.15, 0.2) is 11.3 Å². The first-order valence-electron chi connectivity index (χ1n) is 13.2. The first kappa shape index (κ1) is 29.3. The molecular weight excluding hydrogens is 496 g/mol. The molecule has 0 aliphatic rings. The summed E-state index contributed by atoms with van der Waals surface area (Å²) in [4.78, 5) is 0. The minimum atomic E-state index is -2.12. The van der Waals surface area contributed by atoms with Gasteiger partial charge in [0.25, 0.3) is 16.6 Å². The van der Waals surface area contributed by atoms with Gasteiger partial charge in [-0.1, -0.05) is 41.5 Å². The summed E-state index contributed by atoms with van der Waals surface area (Å²) in [5.41, 5.74) is 2.77. The number of methoxy groups -OCH3 is 1. The molecule has 1 heterocycles. The van der Waals surface area contributed by atoms with Crippen LogP contribution >= 0.6 is 0 Å². The van der Waals surface area contributed by atoms with Crippen LogP contribution in [0.25, 0.3) is 22.3 Å². The van der Waals surface area contributed by atoms with Crippen LogP contribution in [0.4, 0.5) is 0 Å². The van der Waals surface area contributed by atoms with Crippen LogP contribution in [-0.2, 0) is 6.42 Å². The van der Waals surface area contributed by atoms with E-state index in [1.165, 1.54) is 0 Å². The first-order valence-corrected chi connectivity index (χ1v) is 19.0. The molecule has 7 heteroatoms. The van der Waals surface area contributed by atoms with E-state index >= 15 is 0 Å². The molecule has 3 aromatic rings. The molecule has 3 rings (SSSR count). The third kappa shape index (κ3) is 6.44. The van der Waals surface area contributed by atoms with Crippen molar-refractivity contribution in [1.29, 1.82) is 0 Å². The van der Waals surface area contributed by atoms with Crippen molar-refractivity contribution in [1.82, 2.24) is 0 Å². The van der Waals surface area contributed by atoms with Crippen LogP contribution in [0.1, 0.15) is 53.5 Å². The highest BCUT2D eigenvalue weighted by atomic mass is 28.4. The third-order valence-electron chi connectivity index (χ3n) is 8.06. The highest BCUT2D eigenvalue weighted by molar-refractivity contribution is 6.75. The molecule has 0 saturated carbocycles. The van der Waals surface area contributed by atoms with Gasteiger partial charge in [0, 0.05) is 17.6 Å². The number of ether oxygens (including phenoxy) is 1. The number of benzene rings is 2. The zero-order valence-corrected chi connectivity index (χ0v) is 26.7. The van der Waals surface area contributed by atoms with Crippen molar-refractivity contribution in [3.05, 3.63) is 42.0 Å². The number of furan rings is 1. The Morgan fingerprint density at radius 3 is 1.92 bits per heavy atom. The maximum Gasteiger partial charge on any atom is 0.250 e. The molecule has 2 aromatic carbocycles. The Kier molecular flexibility index (Phi) is 8.33. The van der Waals surface area contributed by atoms with Crippen LogP contribution in [-0.4, -0.2) is 35.5 Å². The molecule has 0 saturated heterocycles. The normalized spacial score (nSPS) is 13.2. The maximum absolute atomic E-state index is 9.25. The second-order valence-electron chi connectivity index (χ2n) is 13.0. The summed E-state index contributed by atoms with van der Waals surface area (Å²) in [7, 11) is -2.54. The van der Waals surface area contributed by atoms with Crippen LogP contribution in [0.3, 0.4) is 0 Å². The topological polar surface area (TPSA) is 61.1 Å². The minimum absolute atomic E-state index is 0.0505. The summed E-state index contributed by atoms with van der Waals surface area (Å²) in [6, 6.07) is 12.3. The lowest BCUT2D eigenvalue weighted by molar-refractivity contribution is 0.288. The Bertz CT molecular complexity index is 1230. The summed E-state index contributed by atoms with van der Waals surface area (Å²) < 4.78 is 25.6. The van der Waals surface area contributed by atoms with E-state index in [0.717, 1.165) is 45.8 Å². The second kappa shape index (κ2) is 10.5. The molecule has 1 N–H and O–H groups in total. The molecule has 1 aromatic heterocycles. The first-order chi connectivity index (χ1) is 17.0. The molecule has 37 heavy (non-hydrogen) atoms. The molecule has 204 valence electrons. The molecule has 0 spiro atoms. The molecule has 0 fully saturated rings. The lowest BCUT2D eigenvalue weighted by Gasteiger charge is -2.39. The predicted molar refractivity (Wildman–Crippen MR) is 159 cm³/mol. The van der Waals surface area contributed by atoms with Gasteiger partial charge in [-0.05, 0) is 91.1 Å². The predicted octanol–water partition coefficient (Wildman–Crippen LogP) is 8.80. The smallest absolute Gasteiger partial charge is 0.250 e. The number of fused-ring (bicyclic) bond motifs is 1. The van der Waals surface area contributed by atoms with Gasteiger partial charge >= 0.3 is 0 Å². The molecule has 0 aliphatic heterocycles. The van der Waals surface area contributed by atoms with E-state index < -0.39 is 16.6 Å². The zero-order chi connectivity index (χ0) is 27.8. The minimum Gasteiger partial charge on any atom is -0.541 e. The monoisotopic (exact) mass is 542 g/mol. The Labute approximate surface area is 225 Å². The summed E-state index contributed by atoms with van der Waals surface area (Å²) in [5.74, 6) is 3.05. The van der Waals surface area contributed by atoms with Gasteiger partial charge in [0.1, 0.15) is 17.3 Å². The van der Waals surface area contributed by atoms with Gasteiger partial charge in [0.05, 0.1) is 7.11 Å². The van der Waals surface area contributed by atoms with Gasteiger partial charge in [0.2, 0.25) is 0 Å². The van der Waals surface area contributed by atoms with E-state index in [0.29, 0.717) is 12.2 Å². The maximum atomic E-state index is 9.25. The molecule has 0 atom stereocenters. The van der Waals surface area contributed by atoms with E-state index in [1.54, 1.807) is 7.11 Å². The fourth-order valence-electron chi connectivity index (χ4n) is 3.58. The van der Waals surface area contributed by atoms with E-state index in [-0.39, 0.29) is 16.7 Å². The third-order valence-corrected chi connectivity index (χ3v) is 16.7. The SMILES string of the molecule is COc1cc(CCCO)cc2cc(-c3ccc(O[Si](C)(C)C(C)(C)C)c(O[Si](C)(C)C(C)(C)C)c3)oc12. The standard InChI is InChI=1S/C30H46O5Si2/c1-29(2,3)36(8,9)34-24-15-14-22(19-26(24)35-37(10,11)30(4,5)6)25-20-23-17-21(13-12-16-31)18-27(32-7)28(23)33-25/h14-15,17-20,31H,12-13,16H2,1-11H3. The molecule has 0 amide bonds. The van der Waals surface area contributed by atoms with E-state index in [2.05, 4.69) is 92.0 Å². The van der Waals surface area contributed by atoms with E-state index in [9.17, 15) is 5.11 Å². The Balaban J connectivity index is 2.11. The van der Waals surface area contributed by atoms with Crippen molar-refractivity contribution < 1.29 is 23.1 Å². The van der Waals surface area contributed by atoms with Gasteiger partial charge in [-0.2, -0.15) is 0 Å². The van der Waals surface area contributed by atoms with Gasteiger partial charge in [-0.25, -0.2) is 0 Å². The number of aliphatic hydroxyl groups is 1. The number of aliphatic hydroxyl groups excluding tert-OH is 1. The molecule has 0 aliphatic carbocycles. The van der Waals surface area contributed by atoms with Gasteiger partial charge in [-0.3, -0.25) is 0 Å². The zero-order valence-electron chi connectivity index (χ0n) is 24.7. The molecule has 0 bridgehead atoms. The largest absolute Gasteiger partial charge is 0.541 e. The van der Waals surface area contributed by atoms with Crippen LogP contribution in [0, 0.1) is 0 Å². The lowest BCUT2D eigenvalue weighted by atomic mass is 10.1. The fraction of sp³-hybridized carbons (Fsp3) is 0.533. The number of hydrogen-bond donors (Lipinski definition) is 1. The van der Waals surface area contributed by atoms with Gasteiger partial charge in [-0.15, -0.1) is 0 Å². The number of hydrogen-bond acceptors (Lipinski definition) is 5. The van der Waals surface area contributed by atoms with Crippen molar-refractivity contribution >= 4 is 27.6 Å². The van der Waals surface area contributed by atoms with E-state index in [4.69, 9.17) is 18.0 Å². The van der Waals surface area contributed by atoms with Crippen LogP contribution < -0.4 is 13.6 Å². The van der Waals surface area contributed by atoms with Crippen molar-refractivity contribution in [3.8, 4) is 28.6 Å². The average molecular weight is 543 g/mol. The highest BCUT2D eigenvalue weighted by Crippen LogP contribution is 2.45. The van der Waals surface area contributed by atoms with Crippen LogP contribution in [0.5, 0.6) is 17.2 Å². The van der Waals surface area contributed by atoms with Crippen LogP contribution in [0.15, 0.2) is 40.8 Å². The summed E-state index contributed by atoms with van der Waals surface area (Å²) in [6.07, 6.45) is 1.50. The quantitative estimate of drug-likeness (QED) is 0.274. The van der Waals surface area contributed by atoms with Crippen molar-refractivity contribution in [2.45, 2.75) is 90.6 Å². The number of rotatable bonds is 9.